The minimum atomic E-state index is -0.609. The molecule has 0 N–H and O–H groups in total. The van der Waals surface area contributed by atoms with Crippen molar-refractivity contribution in [1.82, 2.24) is 15.0 Å². The van der Waals surface area contributed by atoms with Crippen molar-refractivity contribution in [2.45, 2.75) is 26.0 Å². The average Bonchev–Trinajstić information content (AvgIpc) is 3.30. The predicted molar refractivity (Wildman–Crippen MR) is 121 cm³/mol. The Bertz CT molecular complexity index is 1220. The van der Waals surface area contributed by atoms with Crippen molar-refractivity contribution < 1.29 is 18.8 Å². The van der Waals surface area contributed by atoms with E-state index in [1.807, 2.05) is 73.7 Å². The van der Waals surface area contributed by atoms with Crippen LogP contribution in [0.4, 0.5) is 0 Å². The number of methoxy groups -OCH3 is 1. The summed E-state index contributed by atoms with van der Waals surface area (Å²) in [6.07, 6.45) is -0.0727. The summed E-state index contributed by atoms with van der Waals surface area (Å²) in [5.41, 5.74) is 0.777. The zero-order valence-electron chi connectivity index (χ0n) is 18.3. The number of likely N-dealkylation sites (N-methyl/N-ethyl adjacent to an activating group) is 1. The minimum Gasteiger partial charge on any atom is -0.497 e. The second-order valence-corrected chi connectivity index (χ2v) is 7.46. The molecule has 0 saturated carbocycles. The number of hydrogen-bond acceptors (Lipinski definition) is 6. The van der Waals surface area contributed by atoms with Gasteiger partial charge in [0.2, 0.25) is 11.7 Å². The van der Waals surface area contributed by atoms with Crippen molar-refractivity contribution >= 4 is 16.7 Å². The molecule has 0 aliphatic rings. The molecule has 0 spiro atoms. The molecule has 4 rings (SSSR count). The zero-order chi connectivity index (χ0) is 22.5. The number of nitrogens with zero attached hydrogens (tertiary/aromatic N) is 3. The van der Waals surface area contributed by atoms with Gasteiger partial charge in [0.25, 0.3) is 5.91 Å². The lowest BCUT2D eigenvalue weighted by atomic mass is 10.1. The largest absolute Gasteiger partial charge is 0.497 e. The molecule has 1 aromatic heterocycles. The Morgan fingerprint density at radius 2 is 1.84 bits per heavy atom. The second-order valence-electron chi connectivity index (χ2n) is 7.46. The van der Waals surface area contributed by atoms with E-state index in [0.717, 1.165) is 16.3 Å². The summed E-state index contributed by atoms with van der Waals surface area (Å²) in [6, 6.07) is 21.3. The summed E-state index contributed by atoms with van der Waals surface area (Å²) in [7, 11) is 3.30. The predicted octanol–water partition coefficient (Wildman–Crippen LogP) is 4.71. The second kappa shape index (κ2) is 9.51. The Morgan fingerprint density at radius 3 is 2.62 bits per heavy atom. The first kappa shape index (κ1) is 21.4. The van der Waals surface area contributed by atoms with Gasteiger partial charge in [0.1, 0.15) is 11.5 Å². The molecule has 32 heavy (non-hydrogen) atoms. The Hall–Kier alpha value is -3.87. The molecule has 3 aromatic carbocycles. The molecule has 4 aromatic rings. The van der Waals surface area contributed by atoms with Crippen LogP contribution in [0.1, 0.15) is 19.2 Å². The monoisotopic (exact) mass is 431 g/mol. The van der Waals surface area contributed by atoms with Crippen LogP contribution in [0, 0.1) is 0 Å². The van der Waals surface area contributed by atoms with Crippen LogP contribution in [0.5, 0.6) is 11.5 Å². The highest BCUT2D eigenvalue weighted by molar-refractivity contribution is 5.84. The fourth-order valence-corrected chi connectivity index (χ4v) is 3.44. The van der Waals surface area contributed by atoms with Crippen LogP contribution < -0.4 is 9.47 Å². The molecule has 0 radical (unpaired) electrons. The van der Waals surface area contributed by atoms with Crippen molar-refractivity contribution in [2.24, 2.45) is 0 Å². The van der Waals surface area contributed by atoms with Gasteiger partial charge in [-0.3, -0.25) is 4.79 Å². The lowest BCUT2D eigenvalue weighted by Gasteiger charge is -2.22. The maximum atomic E-state index is 13.0. The summed E-state index contributed by atoms with van der Waals surface area (Å²) >= 11 is 0. The van der Waals surface area contributed by atoms with Gasteiger partial charge in [-0.15, -0.1) is 0 Å². The van der Waals surface area contributed by atoms with E-state index < -0.39 is 6.10 Å². The lowest BCUT2D eigenvalue weighted by molar-refractivity contribution is -0.138. The summed E-state index contributed by atoms with van der Waals surface area (Å²) < 4.78 is 16.6. The number of benzene rings is 3. The summed E-state index contributed by atoms with van der Waals surface area (Å²) in [5.74, 6) is 2.01. The normalized spacial score (nSPS) is 11.8. The third-order valence-electron chi connectivity index (χ3n) is 5.19. The maximum absolute atomic E-state index is 13.0. The van der Waals surface area contributed by atoms with Crippen LogP contribution in [0.2, 0.25) is 0 Å². The average molecular weight is 431 g/mol. The van der Waals surface area contributed by atoms with E-state index in [-0.39, 0.29) is 12.5 Å². The topological polar surface area (TPSA) is 77.7 Å². The first-order chi connectivity index (χ1) is 15.6. The van der Waals surface area contributed by atoms with Crippen LogP contribution in [0.15, 0.2) is 71.3 Å². The number of hydrogen-bond donors (Lipinski definition) is 0. The fraction of sp³-hybridized carbons (Fsp3) is 0.240. The summed E-state index contributed by atoms with van der Waals surface area (Å²) in [6.45, 7) is 2.11. The number of carbonyl (C=O) groups excluding carboxylic acids is 1. The van der Waals surface area contributed by atoms with Gasteiger partial charge in [-0.05, 0) is 41.5 Å². The van der Waals surface area contributed by atoms with Crippen LogP contribution in [-0.2, 0) is 11.3 Å². The SMILES string of the molecule is CC[C@H](Oc1ccc2ccccc2c1)C(=O)N(C)Cc1nc(-c2cccc(OC)c2)no1. The molecule has 0 unspecified atom stereocenters. The highest BCUT2D eigenvalue weighted by Crippen LogP contribution is 2.23. The molecule has 0 aliphatic heterocycles. The van der Waals surface area contributed by atoms with Gasteiger partial charge in [0, 0.05) is 12.6 Å². The smallest absolute Gasteiger partial charge is 0.263 e. The van der Waals surface area contributed by atoms with Gasteiger partial charge in [0.05, 0.1) is 13.7 Å². The number of aromatic nitrogens is 2. The van der Waals surface area contributed by atoms with Crippen LogP contribution in [-0.4, -0.2) is 41.2 Å². The maximum Gasteiger partial charge on any atom is 0.263 e. The minimum absolute atomic E-state index is 0.151. The van der Waals surface area contributed by atoms with Crippen molar-refractivity contribution in [1.29, 1.82) is 0 Å². The van der Waals surface area contributed by atoms with Crippen molar-refractivity contribution in [2.75, 3.05) is 14.2 Å². The van der Waals surface area contributed by atoms with E-state index in [9.17, 15) is 4.79 Å². The van der Waals surface area contributed by atoms with E-state index >= 15 is 0 Å². The molecule has 1 atom stereocenters. The van der Waals surface area contributed by atoms with Crippen LogP contribution >= 0.6 is 0 Å². The molecular formula is C25H25N3O4. The molecule has 1 heterocycles. The van der Waals surface area contributed by atoms with Crippen molar-refractivity contribution in [3.8, 4) is 22.9 Å². The van der Waals surface area contributed by atoms with Gasteiger partial charge in [-0.25, -0.2) is 0 Å². The first-order valence-electron chi connectivity index (χ1n) is 10.4. The van der Waals surface area contributed by atoms with Gasteiger partial charge >= 0.3 is 0 Å². The first-order valence-corrected chi connectivity index (χ1v) is 10.4. The standard InChI is InChI=1S/C25H25N3O4/c1-4-22(31-21-13-12-17-8-5-6-9-18(17)14-21)25(29)28(2)16-23-26-24(27-32-23)19-10-7-11-20(15-19)30-3/h5-15,22H,4,16H2,1-3H3/t22-/m0/s1. The molecule has 164 valence electrons. The number of rotatable bonds is 8. The van der Waals surface area contributed by atoms with Crippen molar-refractivity contribution in [3.63, 3.8) is 0 Å². The Morgan fingerprint density at radius 1 is 1.03 bits per heavy atom. The highest BCUT2D eigenvalue weighted by atomic mass is 16.5. The Balaban J connectivity index is 1.43. The van der Waals surface area contributed by atoms with E-state index in [2.05, 4.69) is 10.1 Å². The molecule has 0 aliphatic carbocycles. The van der Waals surface area contributed by atoms with Gasteiger partial charge in [-0.2, -0.15) is 4.98 Å². The zero-order valence-corrected chi connectivity index (χ0v) is 18.3. The quantitative estimate of drug-likeness (QED) is 0.402. The van der Waals surface area contributed by atoms with Gasteiger partial charge in [-0.1, -0.05) is 54.5 Å². The molecule has 0 saturated heterocycles. The van der Waals surface area contributed by atoms with E-state index in [4.69, 9.17) is 14.0 Å². The Kier molecular flexibility index (Phi) is 6.35. The van der Waals surface area contributed by atoms with Crippen molar-refractivity contribution in [3.05, 3.63) is 72.6 Å². The fourth-order valence-electron chi connectivity index (χ4n) is 3.44. The molecule has 7 nitrogen and oxygen atoms in total. The number of amides is 1. The molecular weight excluding hydrogens is 406 g/mol. The van der Waals surface area contributed by atoms with E-state index in [1.54, 1.807) is 14.2 Å². The van der Waals surface area contributed by atoms with Gasteiger partial charge in [0.15, 0.2) is 6.10 Å². The third kappa shape index (κ3) is 4.72. The molecule has 7 heteroatoms. The van der Waals surface area contributed by atoms with E-state index in [1.165, 1.54) is 4.90 Å². The third-order valence-corrected chi connectivity index (χ3v) is 5.19. The van der Waals surface area contributed by atoms with Crippen LogP contribution in [0.3, 0.4) is 0 Å². The molecule has 0 bridgehead atoms. The van der Waals surface area contributed by atoms with E-state index in [0.29, 0.717) is 29.6 Å². The summed E-state index contributed by atoms with van der Waals surface area (Å²) in [5, 5.41) is 6.22. The highest BCUT2D eigenvalue weighted by Gasteiger charge is 2.24. The molecule has 1 amide bonds. The molecule has 0 fully saturated rings. The summed E-state index contributed by atoms with van der Waals surface area (Å²) in [4.78, 5) is 19.0. The number of carbonyl (C=O) groups is 1. The lowest BCUT2D eigenvalue weighted by Crippen LogP contribution is -2.39. The number of ether oxygens (including phenoxy) is 2. The van der Waals surface area contributed by atoms with Crippen LogP contribution in [0.25, 0.3) is 22.2 Å². The van der Waals surface area contributed by atoms with Gasteiger partial charge < -0.3 is 18.9 Å². The Labute approximate surface area is 186 Å². The number of fused-ring (bicyclic) bond motifs is 1.